The number of halogens is 1. The number of pyridine rings is 1. The minimum atomic E-state index is -3.93. The summed E-state index contributed by atoms with van der Waals surface area (Å²) in [6.07, 6.45) is 6.26. The van der Waals surface area contributed by atoms with Crippen LogP contribution in [0, 0.1) is 23.6 Å². The number of benzene rings is 1. The van der Waals surface area contributed by atoms with Gasteiger partial charge in [-0.1, -0.05) is 32.4 Å². The van der Waals surface area contributed by atoms with E-state index in [0.717, 1.165) is 6.42 Å². The van der Waals surface area contributed by atoms with Crippen molar-refractivity contribution in [2.24, 2.45) is 17.8 Å². The van der Waals surface area contributed by atoms with Crippen molar-refractivity contribution in [1.29, 1.82) is 0 Å². The Kier molecular flexibility index (Phi) is 10.2. The fourth-order valence-electron chi connectivity index (χ4n) is 7.43. The largest absolute Gasteiger partial charge is 0.494 e. The summed E-state index contributed by atoms with van der Waals surface area (Å²) in [7, 11) is -2.48. The maximum atomic E-state index is 14.4. The highest BCUT2D eigenvalue weighted by Gasteiger charge is 2.62. The first-order chi connectivity index (χ1) is 24.3. The Labute approximate surface area is 295 Å². The number of ether oxygens (including phenoxy) is 2. The van der Waals surface area contributed by atoms with Crippen LogP contribution in [0.4, 0.5) is 9.18 Å². The molecule has 0 unspecified atom stereocenters. The van der Waals surface area contributed by atoms with Crippen molar-refractivity contribution in [3.63, 3.8) is 0 Å². The van der Waals surface area contributed by atoms with Gasteiger partial charge < -0.3 is 30.1 Å². The summed E-state index contributed by atoms with van der Waals surface area (Å²) in [5.41, 5.74) is -1.56. The highest BCUT2D eigenvalue weighted by molar-refractivity contribution is 7.91. The molecule has 16 heteroatoms. The van der Waals surface area contributed by atoms with Gasteiger partial charge in [-0.25, -0.2) is 22.6 Å². The first-order valence-electron chi connectivity index (χ1n) is 17.4. The number of carbonyl (C=O) groups is 4. The number of methoxy groups -OCH3 is 1. The van der Waals surface area contributed by atoms with E-state index in [1.54, 1.807) is 0 Å². The molecule has 1 saturated heterocycles. The lowest BCUT2D eigenvalue weighted by molar-refractivity contribution is -0.142. The molecule has 0 spiro atoms. The molecule has 3 fully saturated rings. The quantitative estimate of drug-likeness (QED) is 0.293. The fourth-order valence-corrected chi connectivity index (χ4v) is 8.79. The van der Waals surface area contributed by atoms with Crippen LogP contribution in [0.25, 0.3) is 10.8 Å². The van der Waals surface area contributed by atoms with Crippen LogP contribution < -0.4 is 24.8 Å². The van der Waals surface area contributed by atoms with Crippen molar-refractivity contribution >= 4 is 44.6 Å². The predicted octanol–water partition coefficient (Wildman–Crippen LogP) is 3.25. The summed E-state index contributed by atoms with van der Waals surface area (Å²) in [4.78, 5) is 60.0. The van der Waals surface area contributed by atoms with Crippen molar-refractivity contribution in [2.75, 3.05) is 13.7 Å². The summed E-state index contributed by atoms with van der Waals surface area (Å²) in [5, 5.41) is 15.2. The van der Waals surface area contributed by atoms with Gasteiger partial charge in [-0.15, -0.1) is 0 Å². The molecule has 276 valence electrons. The van der Waals surface area contributed by atoms with Gasteiger partial charge in [-0.2, -0.15) is 0 Å². The molecule has 14 nitrogen and oxygen atoms in total. The molecular formula is C35H44FN5O9S. The summed E-state index contributed by atoms with van der Waals surface area (Å²) >= 11 is 0. The van der Waals surface area contributed by atoms with Gasteiger partial charge in [0.25, 0.3) is 5.91 Å². The van der Waals surface area contributed by atoms with Gasteiger partial charge >= 0.3 is 6.09 Å². The van der Waals surface area contributed by atoms with Gasteiger partial charge in [0.05, 0.1) is 30.5 Å². The van der Waals surface area contributed by atoms with Crippen LogP contribution in [0.1, 0.15) is 65.2 Å². The number of sulfonamides is 1. The second-order valence-corrected chi connectivity index (χ2v) is 16.2. The third kappa shape index (κ3) is 7.60. The van der Waals surface area contributed by atoms with Crippen LogP contribution in [-0.4, -0.2) is 89.9 Å². The van der Waals surface area contributed by atoms with Crippen molar-refractivity contribution < 1.29 is 46.6 Å². The SMILES string of the molecule is CC[C@@H]1C[C@@H](C)CCC=C[C@@H]2C[C@@]2(C(=O)NS(=O)(=O)C2CC2)NC(=O)[C@@H]2C[C@@H](Oc3ncc(OC)c4ccc(F)cc34)CN2C(=O)[C@H]1NC(=O)O. The number of nitrogens with one attached hydrogen (secondary N) is 3. The summed E-state index contributed by atoms with van der Waals surface area (Å²) in [6.45, 7) is 3.75. The number of nitrogens with zero attached hydrogens (tertiary/aromatic N) is 2. The number of rotatable bonds is 8. The van der Waals surface area contributed by atoms with Gasteiger partial charge in [-0.3, -0.25) is 19.1 Å². The summed E-state index contributed by atoms with van der Waals surface area (Å²) < 4.78 is 53.8. The van der Waals surface area contributed by atoms with Crippen LogP contribution in [0.3, 0.4) is 0 Å². The minimum Gasteiger partial charge on any atom is -0.494 e. The Morgan fingerprint density at radius 1 is 1.18 bits per heavy atom. The van der Waals surface area contributed by atoms with Crippen molar-refractivity contribution in [3.8, 4) is 11.6 Å². The molecule has 4 amide bonds. The maximum Gasteiger partial charge on any atom is 0.405 e. The van der Waals surface area contributed by atoms with Crippen molar-refractivity contribution in [1.82, 2.24) is 25.2 Å². The highest BCUT2D eigenvalue weighted by Crippen LogP contribution is 2.46. The second kappa shape index (κ2) is 14.3. The minimum absolute atomic E-state index is 0.0416. The van der Waals surface area contributed by atoms with Crippen LogP contribution in [0.5, 0.6) is 11.6 Å². The van der Waals surface area contributed by atoms with Crippen LogP contribution in [0.2, 0.25) is 0 Å². The molecular weight excluding hydrogens is 685 g/mol. The molecule has 7 atom stereocenters. The topological polar surface area (TPSA) is 193 Å². The Morgan fingerprint density at radius 3 is 2.63 bits per heavy atom. The molecule has 1 aromatic carbocycles. The highest BCUT2D eigenvalue weighted by atomic mass is 32.2. The number of aromatic nitrogens is 1. The Morgan fingerprint density at radius 2 is 1.94 bits per heavy atom. The lowest BCUT2D eigenvalue weighted by Gasteiger charge is -2.33. The van der Waals surface area contributed by atoms with Gasteiger partial charge in [-0.05, 0) is 68.6 Å². The number of hydrogen-bond donors (Lipinski definition) is 4. The molecule has 3 heterocycles. The molecule has 2 saturated carbocycles. The number of carboxylic acid groups (broad SMARTS) is 1. The van der Waals surface area contributed by atoms with E-state index in [2.05, 4.69) is 20.3 Å². The standard InChI is InChI=1S/C35H44FN5O9S/c1-4-20-13-19(2)7-5-6-8-21-16-35(21,33(44)40-51(47,48)24-10-11-24)39-30(42)27-15-23(18-41(27)32(43)29(20)38-34(45)46)50-31-26-14-22(36)9-12-25(26)28(49-3)17-37-31/h6,8-9,12,14,17,19-21,23-24,27,29,38H,4-5,7,10-11,13,15-16,18H2,1-3H3,(H,39,42)(H,40,44)(H,45,46)/t19-,20+,21+,23+,27-,29-,35+/m0/s1. The third-order valence-electron chi connectivity index (χ3n) is 10.5. The molecule has 4 aliphatic rings. The van der Waals surface area contributed by atoms with Crippen LogP contribution in [0.15, 0.2) is 36.5 Å². The van der Waals surface area contributed by atoms with E-state index in [4.69, 9.17) is 9.47 Å². The van der Waals surface area contributed by atoms with E-state index in [-0.39, 0.29) is 31.2 Å². The second-order valence-electron chi connectivity index (χ2n) is 14.2. The first kappa shape index (κ1) is 36.3. The van der Waals surface area contributed by atoms with E-state index in [0.29, 0.717) is 48.6 Å². The number of hydrogen-bond acceptors (Lipinski definition) is 9. The van der Waals surface area contributed by atoms with Crippen molar-refractivity contribution in [2.45, 2.75) is 94.2 Å². The number of amides is 4. The van der Waals surface area contributed by atoms with E-state index in [9.17, 15) is 37.1 Å². The summed E-state index contributed by atoms with van der Waals surface area (Å²) in [5.74, 6) is -3.08. The van der Waals surface area contributed by atoms with Gasteiger partial charge in [0, 0.05) is 17.7 Å². The summed E-state index contributed by atoms with van der Waals surface area (Å²) in [6, 6.07) is 1.62. The number of allylic oxidation sites excluding steroid dienone is 1. The molecule has 0 bridgehead atoms. The number of fused-ring (bicyclic) bond motifs is 3. The van der Waals surface area contributed by atoms with E-state index >= 15 is 0 Å². The third-order valence-corrected chi connectivity index (χ3v) is 12.3. The Hall–Kier alpha value is -4.47. The maximum absolute atomic E-state index is 14.4. The fraction of sp³-hybridized carbons (Fsp3) is 0.571. The molecule has 2 aromatic rings. The molecule has 4 N–H and O–H groups in total. The molecule has 2 aliphatic heterocycles. The lowest BCUT2D eigenvalue weighted by atomic mass is 9.85. The van der Waals surface area contributed by atoms with Gasteiger partial charge in [0.2, 0.25) is 27.7 Å². The molecule has 6 rings (SSSR count). The Balaban J connectivity index is 1.36. The smallest absolute Gasteiger partial charge is 0.405 e. The zero-order valence-electron chi connectivity index (χ0n) is 28.8. The van der Waals surface area contributed by atoms with Gasteiger partial charge in [0.1, 0.15) is 35.3 Å². The predicted molar refractivity (Wildman–Crippen MR) is 183 cm³/mol. The zero-order valence-corrected chi connectivity index (χ0v) is 29.6. The monoisotopic (exact) mass is 729 g/mol. The zero-order chi connectivity index (χ0) is 36.7. The molecule has 51 heavy (non-hydrogen) atoms. The normalized spacial score (nSPS) is 29.9. The molecule has 1 aromatic heterocycles. The van der Waals surface area contributed by atoms with E-state index < -0.39 is 80.5 Å². The van der Waals surface area contributed by atoms with Gasteiger partial charge in [0.15, 0.2) is 0 Å². The van der Waals surface area contributed by atoms with Crippen molar-refractivity contribution in [3.05, 3.63) is 42.4 Å². The average Bonchev–Trinajstić information content (AvgIpc) is 4.01. The lowest BCUT2D eigenvalue weighted by Crippen LogP contribution is -2.59. The van der Waals surface area contributed by atoms with Crippen LogP contribution >= 0.6 is 0 Å². The van der Waals surface area contributed by atoms with Crippen LogP contribution in [-0.2, 0) is 24.4 Å². The molecule has 2 aliphatic carbocycles. The first-order valence-corrected chi connectivity index (χ1v) is 18.9. The van der Waals surface area contributed by atoms with E-state index in [1.807, 2.05) is 26.0 Å². The Bertz CT molecular complexity index is 1850. The number of carbonyl (C=O) groups excluding carboxylic acids is 3. The van der Waals surface area contributed by atoms with E-state index in [1.165, 1.54) is 36.4 Å². The molecule has 0 radical (unpaired) electrons. The average molecular weight is 730 g/mol.